The zero-order chi connectivity index (χ0) is 13.3. The molecule has 98 valence electrons. The molecule has 0 spiro atoms. The SMILES string of the molecule is CC(C)[C@H]1O[C@@H](c2ccccc2)C=C1C(F)(F)F. The largest absolute Gasteiger partial charge is 0.414 e. The molecule has 0 aromatic heterocycles. The topological polar surface area (TPSA) is 9.23 Å². The lowest BCUT2D eigenvalue weighted by Gasteiger charge is -2.21. The molecule has 1 aliphatic rings. The smallest absolute Gasteiger partial charge is 0.361 e. The minimum absolute atomic E-state index is 0.202. The minimum atomic E-state index is -4.32. The molecule has 2 atom stereocenters. The molecule has 0 aliphatic carbocycles. The first-order valence-corrected chi connectivity index (χ1v) is 5.89. The maximum absolute atomic E-state index is 12.9. The van der Waals surface area contributed by atoms with Crippen LogP contribution in [-0.4, -0.2) is 12.3 Å². The summed E-state index contributed by atoms with van der Waals surface area (Å²) in [7, 11) is 0. The van der Waals surface area contributed by atoms with Crippen molar-refractivity contribution in [2.75, 3.05) is 0 Å². The van der Waals surface area contributed by atoms with E-state index in [0.717, 1.165) is 5.56 Å². The van der Waals surface area contributed by atoms with Gasteiger partial charge in [-0.3, -0.25) is 0 Å². The summed E-state index contributed by atoms with van der Waals surface area (Å²) in [5.74, 6) is -0.202. The summed E-state index contributed by atoms with van der Waals surface area (Å²) in [6.45, 7) is 3.47. The van der Waals surface area contributed by atoms with Gasteiger partial charge in [-0.25, -0.2) is 0 Å². The quantitative estimate of drug-likeness (QED) is 0.718. The molecule has 1 nitrogen and oxygen atoms in total. The Balaban J connectivity index is 2.31. The van der Waals surface area contributed by atoms with Crippen LogP contribution < -0.4 is 0 Å². The summed E-state index contributed by atoms with van der Waals surface area (Å²) < 4.78 is 44.3. The second kappa shape index (κ2) is 4.76. The standard InChI is InChI=1S/C14H15F3O/c1-9(2)13-11(14(15,16)17)8-12(18-13)10-6-4-3-5-7-10/h3-9,12-13H,1-2H3/t12-,13-/m1/s1. The number of ether oxygens (including phenoxy) is 1. The number of alkyl halides is 3. The van der Waals surface area contributed by atoms with Gasteiger partial charge in [0, 0.05) is 0 Å². The van der Waals surface area contributed by atoms with Crippen molar-refractivity contribution >= 4 is 0 Å². The Kier molecular flexibility index (Phi) is 3.48. The maximum Gasteiger partial charge on any atom is 0.414 e. The highest BCUT2D eigenvalue weighted by atomic mass is 19.4. The van der Waals surface area contributed by atoms with E-state index in [4.69, 9.17) is 4.74 Å². The van der Waals surface area contributed by atoms with E-state index in [1.807, 2.05) is 6.07 Å². The highest BCUT2D eigenvalue weighted by Gasteiger charge is 2.45. The lowest BCUT2D eigenvalue weighted by atomic mass is 9.99. The summed E-state index contributed by atoms with van der Waals surface area (Å²) in [5, 5.41) is 0. The van der Waals surface area contributed by atoms with Crippen LogP contribution in [0.2, 0.25) is 0 Å². The number of halogens is 3. The Bertz CT molecular complexity index is 434. The fraction of sp³-hybridized carbons (Fsp3) is 0.429. The summed E-state index contributed by atoms with van der Waals surface area (Å²) in [6, 6.07) is 8.97. The van der Waals surface area contributed by atoms with E-state index in [0.29, 0.717) is 0 Å². The maximum atomic E-state index is 12.9. The number of hydrogen-bond acceptors (Lipinski definition) is 1. The van der Waals surface area contributed by atoms with Crippen LogP contribution in [0.3, 0.4) is 0 Å². The Morgan fingerprint density at radius 2 is 1.72 bits per heavy atom. The van der Waals surface area contributed by atoms with Gasteiger partial charge in [0.25, 0.3) is 0 Å². The molecular weight excluding hydrogens is 241 g/mol. The molecule has 2 rings (SSSR count). The molecule has 0 unspecified atom stereocenters. The van der Waals surface area contributed by atoms with Crippen molar-refractivity contribution in [1.82, 2.24) is 0 Å². The van der Waals surface area contributed by atoms with Crippen LogP contribution in [0, 0.1) is 5.92 Å². The molecule has 1 heterocycles. The molecular formula is C14H15F3O. The fourth-order valence-electron chi connectivity index (χ4n) is 2.12. The molecule has 0 amide bonds. The van der Waals surface area contributed by atoms with Crippen molar-refractivity contribution in [3.05, 3.63) is 47.5 Å². The molecule has 0 fully saturated rings. The van der Waals surface area contributed by atoms with Gasteiger partial charge in [0.1, 0.15) is 6.10 Å². The molecule has 0 radical (unpaired) electrons. The summed E-state index contributed by atoms with van der Waals surface area (Å²) in [5.41, 5.74) is 0.189. The molecule has 1 aromatic rings. The zero-order valence-electron chi connectivity index (χ0n) is 10.2. The van der Waals surface area contributed by atoms with E-state index >= 15 is 0 Å². The molecule has 4 heteroatoms. The molecule has 0 N–H and O–H groups in total. The molecule has 0 saturated carbocycles. The van der Waals surface area contributed by atoms with Gasteiger partial charge in [0.2, 0.25) is 0 Å². The van der Waals surface area contributed by atoms with Crippen molar-refractivity contribution in [3.63, 3.8) is 0 Å². The predicted molar refractivity (Wildman–Crippen MR) is 63.0 cm³/mol. The lowest BCUT2D eigenvalue weighted by Crippen LogP contribution is -2.27. The van der Waals surface area contributed by atoms with Gasteiger partial charge in [-0.2, -0.15) is 13.2 Å². The monoisotopic (exact) mass is 256 g/mol. The first-order valence-electron chi connectivity index (χ1n) is 5.89. The van der Waals surface area contributed by atoms with Gasteiger partial charge in [-0.1, -0.05) is 44.2 Å². The van der Waals surface area contributed by atoms with Gasteiger partial charge >= 0.3 is 6.18 Å². The molecule has 0 saturated heterocycles. The minimum Gasteiger partial charge on any atom is -0.361 e. The van der Waals surface area contributed by atoms with Gasteiger partial charge in [0.15, 0.2) is 0 Å². The Hall–Kier alpha value is -1.29. The summed E-state index contributed by atoms with van der Waals surface area (Å²) in [4.78, 5) is 0. The van der Waals surface area contributed by atoms with Gasteiger partial charge < -0.3 is 4.74 Å². The molecule has 0 bridgehead atoms. The van der Waals surface area contributed by atoms with Crippen LogP contribution in [0.1, 0.15) is 25.5 Å². The van der Waals surface area contributed by atoms with Crippen LogP contribution in [0.15, 0.2) is 42.0 Å². The average molecular weight is 256 g/mol. The summed E-state index contributed by atoms with van der Waals surface area (Å²) >= 11 is 0. The van der Waals surface area contributed by atoms with E-state index in [1.54, 1.807) is 38.1 Å². The third-order valence-corrected chi connectivity index (χ3v) is 2.99. The molecule has 18 heavy (non-hydrogen) atoms. The normalized spacial score (nSPS) is 24.4. The van der Waals surface area contributed by atoms with Gasteiger partial charge in [-0.05, 0) is 17.6 Å². The van der Waals surface area contributed by atoms with Crippen molar-refractivity contribution < 1.29 is 17.9 Å². The average Bonchev–Trinajstić information content (AvgIpc) is 2.74. The summed E-state index contributed by atoms with van der Waals surface area (Å²) in [6.07, 6.45) is -4.61. The van der Waals surface area contributed by atoms with E-state index in [2.05, 4.69) is 0 Å². The van der Waals surface area contributed by atoms with Crippen molar-refractivity contribution in [2.24, 2.45) is 5.92 Å². The first-order chi connectivity index (χ1) is 8.39. The van der Waals surface area contributed by atoms with E-state index in [-0.39, 0.29) is 5.92 Å². The van der Waals surface area contributed by atoms with E-state index in [1.165, 1.54) is 6.08 Å². The van der Waals surface area contributed by atoms with E-state index in [9.17, 15) is 13.2 Å². The van der Waals surface area contributed by atoms with Crippen LogP contribution >= 0.6 is 0 Å². The first kappa shape index (κ1) is 13.1. The van der Waals surface area contributed by atoms with Gasteiger partial charge in [-0.15, -0.1) is 0 Å². The second-order valence-electron chi connectivity index (χ2n) is 4.75. The van der Waals surface area contributed by atoms with Crippen LogP contribution in [0.4, 0.5) is 13.2 Å². The number of rotatable bonds is 2. The van der Waals surface area contributed by atoms with Gasteiger partial charge in [0.05, 0.1) is 11.7 Å². The van der Waals surface area contributed by atoms with Crippen molar-refractivity contribution in [1.29, 1.82) is 0 Å². The predicted octanol–water partition coefficient (Wildman–Crippen LogP) is 4.27. The van der Waals surface area contributed by atoms with Crippen LogP contribution in [0.25, 0.3) is 0 Å². The Morgan fingerprint density at radius 1 is 1.11 bits per heavy atom. The number of hydrogen-bond donors (Lipinski definition) is 0. The highest BCUT2D eigenvalue weighted by Crippen LogP contribution is 2.42. The van der Waals surface area contributed by atoms with Crippen molar-refractivity contribution in [3.8, 4) is 0 Å². The highest BCUT2D eigenvalue weighted by molar-refractivity contribution is 5.30. The second-order valence-corrected chi connectivity index (χ2v) is 4.75. The molecule has 1 aromatic carbocycles. The molecule has 1 aliphatic heterocycles. The fourth-order valence-corrected chi connectivity index (χ4v) is 2.12. The van der Waals surface area contributed by atoms with Crippen molar-refractivity contribution in [2.45, 2.75) is 32.2 Å². The van der Waals surface area contributed by atoms with Crippen LogP contribution in [-0.2, 0) is 4.74 Å². The Morgan fingerprint density at radius 3 is 2.17 bits per heavy atom. The third kappa shape index (κ3) is 2.58. The van der Waals surface area contributed by atoms with Crippen LogP contribution in [0.5, 0.6) is 0 Å². The Labute approximate surface area is 104 Å². The zero-order valence-corrected chi connectivity index (χ0v) is 10.2. The van der Waals surface area contributed by atoms with E-state index < -0.39 is 24.0 Å². The number of benzene rings is 1. The third-order valence-electron chi connectivity index (χ3n) is 2.99. The lowest BCUT2D eigenvalue weighted by molar-refractivity contribution is -0.110.